The van der Waals surface area contributed by atoms with Crippen LogP contribution in [-0.4, -0.2) is 34.1 Å². The molecule has 0 spiro atoms. The molecule has 7 nitrogen and oxygen atoms in total. The largest absolute Gasteiger partial charge is 0.451 e. The summed E-state index contributed by atoms with van der Waals surface area (Å²) in [5, 5.41) is 0.797. The van der Waals surface area contributed by atoms with Crippen LogP contribution in [0.5, 0.6) is 0 Å². The lowest BCUT2D eigenvalue weighted by atomic mass is 10.2. The fourth-order valence-corrected chi connectivity index (χ4v) is 1.90. The Labute approximate surface area is 108 Å². The first-order chi connectivity index (χ1) is 9.20. The summed E-state index contributed by atoms with van der Waals surface area (Å²) in [4.78, 5) is 32.2. The third-order valence-corrected chi connectivity index (χ3v) is 2.81. The molecule has 96 valence electrons. The molecule has 0 atom stereocenters. The molecule has 0 radical (unpaired) electrons. The van der Waals surface area contributed by atoms with Gasteiger partial charge in [0, 0.05) is 0 Å². The third-order valence-electron chi connectivity index (χ3n) is 2.81. The van der Waals surface area contributed by atoms with Crippen molar-refractivity contribution >= 4 is 23.0 Å². The number of amides is 2. The number of nitrogens with one attached hydrogen (secondary N) is 1. The number of methoxy groups -OCH3 is 1. The Morgan fingerprint density at radius 2 is 2.00 bits per heavy atom. The lowest BCUT2D eigenvalue weighted by Crippen LogP contribution is -2.50. The van der Waals surface area contributed by atoms with Crippen molar-refractivity contribution in [3.8, 4) is 0 Å². The van der Waals surface area contributed by atoms with Gasteiger partial charge >= 0.3 is 6.09 Å². The van der Waals surface area contributed by atoms with Gasteiger partial charge in [0.25, 0.3) is 5.91 Å². The Bertz CT molecular complexity index is 686. The summed E-state index contributed by atoms with van der Waals surface area (Å²) in [6, 6.07) is 7.25. The normalized spacial score (nSPS) is 14.4. The van der Waals surface area contributed by atoms with Gasteiger partial charge in [-0.25, -0.2) is 20.2 Å². The summed E-state index contributed by atoms with van der Waals surface area (Å²) >= 11 is 0. The van der Waals surface area contributed by atoms with E-state index in [9.17, 15) is 9.59 Å². The van der Waals surface area contributed by atoms with Gasteiger partial charge in [0.05, 0.1) is 30.4 Å². The molecule has 1 aromatic heterocycles. The van der Waals surface area contributed by atoms with E-state index in [2.05, 4.69) is 20.1 Å². The van der Waals surface area contributed by atoms with Crippen LogP contribution in [0.25, 0.3) is 11.0 Å². The molecule has 1 aliphatic rings. The molecule has 7 heteroatoms. The van der Waals surface area contributed by atoms with E-state index in [0.717, 1.165) is 5.01 Å². The minimum Gasteiger partial charge on any atom is -0.451 e. The van der Waals surface area contributed by atoms with Crippen LogP contribution < -0.4 is 5.43 Å². The molecular weight excluding hydrogens is 248 g/mol. The molecule has 0 bridgehead atoms. The lowest BCUT2D eigenvalue weighted by molar-refractivity contribution is 0.0561. The molecule has 19 heavy (non-hydrogen) atoms. The summed E-state index contributed by atoms with van der Waals surface area (Å²) in [6.45, 7) is 0.244. The Morgan fingerprint density at radius 1 is 1.32 bits per heavy atom. The van der Waals surface area contributed by atoms with Crippen LogP contribution in [0.2, 0.25) is 0 Å². The summed E-state index contributed by atoms with van der Waals surface area (Å²) in [7, 11) is 1.21. The van der Waals surface area contributed by atoms with Crippen molar-refractivity contribution in [3.05, 3.63) is 35.7 Å². The number of para-hydroxylation sites is 2. The number of fused-ring (bicyclic) bond motifs is 2. The molecule has 0 saturated carbocycles. The number of hydrogen-bond donors (Lipinski definition) is 1. The maximum atomic E-state index is 12.1. The number of aromatic nitrogens is 2. The SMILES string of the molecule is COC(=O)N1NCc2nc3ccccc3nc2C1=O. The summed E-state index contributed by atoms with van der Waals surface area (Å²) in [5.74, 6) is -0.564. The third kappa shape index (κ3) is 1.80. The molecule has 2 aromatic rings. The Hall–Kier alpha value is -2.54. The molecule has 3 rings (SSSR count). The van der Waals surface area contributed by atoms with E-state index < -0.39 is 12.0 Å². The molecule has 1 N–H and O–H groups in total. The highest BCUT2D eigenvalue weighted by Crippen LogP contribution is 2.17. The van der Waals surface area contributed by atoms with Gasteiger partial charge in [-0.3, -0.25) is 4.79 Å². The summed E-state index contributed by atoms with van der Waals surface area (Å²) < 4.78 is 4.52. The first-order valence-electron chi connectivity index (χ1n) is 5.62. The molecule has 1 aromatic carbocycles. The number of carbonyl (C=O) groups excluding carboxylic acids is 2. The maximum absolute atomic E-state index is 12.1. The number of hydrogen-bond acceptors (Lipinski definition) is 6. The Morgan fingerprint density at radius 3 is 2.68 bits per heavy atom. The number of nitrogens with zero attached hydrogens (tertiary/aromatic N) is 3. The minimum absolute atomic E-state index is 0.169. The fourth-order valence-electron chi connectivity index (χ4n) is 1.90. The van der Waals surface area contributed by atoms with Crippen LogP contribution in [0.4, 0.5) is 4.79 Å². The van der Waals surface area contributed by atoms with Crippen molar-refractivity contribution in [3.63, 3.8) is 0 Å². The van der Waals surface area contributed by atoms with Gasteiger partial charge in [0.1, 0.15) is 0 Å². The molecular formula is C12H10N4O3. The number of hydrazine groups is 1. The number of benzene rings is 1. The van der Waals surface area contributed by atoms with Crippen LogP contribution in [-0.2, 0) is 11.3 Å². The average Bonchev–Trinajstić information content (AvgIpc) is 2.45. The van der Waals surface area contributed by atoms with E-state index in [1.807, 2.05) is 18.2 Å². The second-order valence-electron chi connectivity index (χ2n) is 3.95. The van der Waals surface area contributed by atoms with E-state index in [1.54, 1.807) is 6.07 Å². The highest BCUT2D eigenvalue weighted by atomic mass is 16.5. The quantitative estimate of drug-likeness (QED) is 0.754. The zero-order valence-electron chi connectivity index (χ0n) is 10.1. The van der Waals surface area contributed by atoms with E-state index in [4.69, 9.17) is 0 Å². The second kappa shape index (κ2) is 4.29. The summed E-state index contributed by atoms with van der Waals surface area (Å²) in [6.07, 6.45) is -0.773. The zero-order chi connectivity index (χ0) is 13.4. The Kier molecular flexibility index (Phi) is 2.60. The van der Waals surface area contributed by atoms with Crippen LogP contribution in [0.3, 0.4) is 0 Å². The highest BCUT2D eigenvalue weighted by Gasteiger charge is 2.32. The maximum Gasteiger partial charge on any atom is 0.431 e. The smallest absolute Gasteiger partial charge is 0.431 e. The number of imide groups is 1. The van der Waals surface area contributed by atoms with E-state index in [-0.39, 0.29) is 12.2 Å². The van der Waals surface area contributed by atoms with Gasteiger partial charge in [-0.15, -0.1) is 0 Å². The number of ether oxygens (including phenoxy) is 1. The molecule has 0 saturated heterocycles. The van der Waals surface area contributed by atoms with Crippen molar-refractivity contribution in [2.75, 3.05) is 7.11 Å². The minimum atomic E-state index is -0.773. The molecule has 2 heterocycles. The van der Waals surface area contributed by atoms with Crippen LogP contribution in [0.15, 0.2) is 24.3 Å². The molecule has 1 aliphatic heterocycles. The second-order valence-corrected chi connectivity index (χ2v) is 3.95. The van der Waals surface area contributed by atoms with Crippen molar-refractivity contribution in [1.29, 1.82) is 0 Å². The van der Waals surface area contributed by atoms with Crippen LogP contribution >= 0.6 is 0 Å². The number of rotatable bonds is 0. The first kappa shape index (κ1) is 11.5. The van der Waals surface area contributed by atoms with Gasteiger partial charge in [-0.05, 0) is 12.1 Å². The van der Waals surface area contributed by atoms with Gasteiger partial charge in [-0.2, -0.15) is 5.01 Å². The molecule has 0 unspecified atom stereocenters. The zero-order valence-corrected chi connectivity index (χ0v) is 10.1. The van der Waals surface area contributed by atoms with Crippen molar-refractivity contribution in [2.24, 2.45) is 0 Å². The standard InChI is InChI=1S/C12H10N4O3/c1-19-12(18)16-11(17)10-9(6-13-16)14-7-4-2-3-5-8(7)15-10/h2-5,13H,6H2,1H3. The Balaban J connectivity index is 2.10. The van der Waals surface area contributed by atoms with Crippen LogP contribution in [0.1, 0.15) is 16.2 Å². The van der Waals surface area contributed by atoms with E-state index >= 15 is 0 Å². The van der Waals surface area contributed by atoms with E-state index in [1.165, 1.54) is 7.11 Å². The van der Waals surface area contributed by atoms with Gasteiger partial charge in [0.15, 0.2) is 5.69 Å². The predicted molar refractivity (Wildman–Crippen MR) is 65.0 cm³/mol. The topological polar surface area (TPSA) is 84.4 Å². The predicted octanol–water partition coefficient (Wildman–Crippen LogP) is 0.857. The van der Waals surface area contributed by atoms with Crippen LogP contribution in [0, 0.1) is 0 Å². The fraction of sp³-hybridized carbons (Fsp3) is 0.167. The van der Waals surface area contributed by atoms with Gasteiger partial charge < -0.3 is 4.74 Å². The lowest BCUT2D eigenvalue weighted by Gasteiger charge is -2.25. The van der Waals surface area contributed by atoms with Gasteiger partial charge in [-0.1, -0.05) is 12.1 Å². The monoisotopic (exact) mass is 258 g/mol. The summed E-state index contributed by atoms with van der Waals surface area (Å²) in [5.41, 5.74) is 4.66. The molecule has 0 fully saturated rings. The van der Waals surface area contributed by atoms with Gasteiger partial charge in [0.2, 0.25) is 0 Å². The van der Waals surface area contributed by atoms with Crippen molar-refractivity contribution in [1.82, 2.24) is 20.4 Å². The molecule has 2 amide bonds. The van der Waals surface area contributed by atoms with Crippen molar-refractivity contribution < 1.29 is 14.3 Å². The average molecular weight is 258 g/mol. The van der Waals surface area contributed by atoms with E-state index in [0.29, 0.717) is 16.7 Å². The highest BCUT2D eigenvalue weighted by molar-refractivity contribution is 6.03. The van der Waals surface area contributed by atoms with Crippen molar-refractivity contribution in [2.45, 2.75) is 6.54 Å². The number of carbonyl (C=O) groups is 2. The first-order valence-corrected chi connectivity index (χ1v) is 5.62. The molecule has 0 aliphatic carbocycles.